The van der Waals surface area contributed by atoms with Gasteiger partial charge in [-0.05, 0) is 0 Å². The number of carbonyl (C=O) groups excluding carboxylic acids is 2. The zero-order valence-electron chi connectivity index (χ0n) is 18.7. The predicted molar refractivity (Wildman–Crippen MR) is 130 cm³/mol. The topological polar surface area (TPSA) is 52.6 Å². The minimum atomic E-state index is -0.487. The number of hydrogen-bond acceptors (Lipinski definition) is 6. The molecule has 0 aliphatic heterocycles. The molecule has 0 heterocycles. The van der Waals surface area contributed by atoms with E-state index in [9.17, 15) is 9.59 Å². The molecule has 0 saturated carbocycles. The molecule has 0 fully saturated rings. The van der Waals surface area contributed by atoms with Crippen LogP contribution in [0.2, 0.25) is 0 Å². The minimum absolute atomic E-state index is 0. The Kier molecular flexibility index (Phi) is 45.5. The van der Waals surface area contributed by atoms with Crippen LogP contribution in [0.15, 0.2) is 0 Å². The Bertz CT molecular complexity index is 277. The Morgan fingerprint density at radius 1 is 0.655 bits per heavy atom. The number of esters is 2. The van der Waals surface area contributed by atoms with Gasteiger partial charge in [0, 0.05) is 0 Å². The standard InChI is InChI=1S/2C8H17.C6H10O4S2.Sn/c2*1-3-5-7-8-6-4-2;7-5(3-11)9-1-2-10-6(8)4-12;/h2*1,3-8H2,2H3;11-12H,1-4H2;/q;;;+2/p-2. The summed E-state index contributed by atoms with van der Waals surface area (Å²) >= 11 is 8.80. The van der Waals surface area contributed by atoms with Crippen molar-refractivity contribution >= 4 is 61.1 Å². The van der Waals surface area contributed by atoms with Gasteiger partial charge in [0.15, 0.2) is 0 Å². The van der Waals surface area contributed by atoms with E-state index in [0.717, 1.165) is 12.8 Å². The number of rotatable bonds is 15. The zero-order chi connectivity index (χ0) is 21.9. The molecule has 29 heavy (non-hydrogen) atoms. The van der Waals surface area contributed by atoms with E-state index in [2.05, 4.69) is 62.4 Å². The first kappa shape index (κ1) is 36.8. The van der Waals surface area contributed by atoms with Crippen LogP contribution in [-0.4, -0.2) is 60.6 Å². The van der Waals surface area contributed by atoms with Gasteiger partial charge in [-0.1, -0.05) is 116 Å². The Balaban J connectivity index is -0.000000164. The SMILES string of the molecule is O=C(C[S-])OCCOC(=O)C[S-].[CH2]CCCCCCC.[CH2]CCCCCCC.[Sn+2]. The number of hydrogen-bond donors (Lipinski definition) is 0. The van der Waals surface area contributed by atoms with E-state index >= 15 is 0 Å². The number of unbranched alkanes of at least 4 members (excludes halogenated alkanes) is 10. The maximum absolute atomic E-state index is 10.4. The molecule has 0 aromatic rings. The third-order valence-electron chi connectivity index (χ3n) is 3.55. The molecular formula is C22H42O4S2Sn. The molecule has 0 amide bonds. The molecule has 0 spiro atoms. The van der Waals surface area contributed by atoms with Crippen LogP contribution >= 0.6 is 0 Å². The molecule has 0 bridgehead atoms. The summed E-state index contributed by atoms with van der Waals surface area (Å²) in [6.07, 6.45) is 16.0. The van der Waals surface area contributed by atoms with Gasteiger partial charge in [0.1, 0.15) is 13.2 Å². The molecule has 0 aromatic heterocycles. The van der Waals surface area contributed by atoms with Crippen LogP contribution in [0.25, 0.3) is 0 Å². The fraction of sp³-hybridized carbons (Fsp3) is 0.818. The average molecular weight is 553 g/mol. The predicted octanol–water partition coefficient (Wildman–Crippen LogP) is 5.15. The fourth-order valence-corrected chi connectivity index (χ4v) is 2.12. The molecule has 0 rings (SSSR count). The molecule has 0 aliphatic carbocycles. The van der Waals surface area contributed by atoms with Crippen molar-refractivity contribution < 1.29 is 19.1 Å². The van der Waals surface area contributed by atoms with Gasteiger partial charge < -0.3 is 34.7 Å². The maximum Gasteiger partial charge on any atom is 2.00 e. The summed E-state index contributed by atoms with van der Waals surface area (Å²) in [6.45, 7) is 12.1. The van der Waals surface area contributed by atoms with Gasteiger partial charge in [0.2, 0.25) is 0 Å². The monoisotopic (exact) mass is 554 g/mol. The van der Waals surface area contributed by atoms with Crippen LogP contribution in [0, 0.1) is 13.8 Å². The van der Waals surface area contributed by atoms with Crippen molar-refractivity contribution in [3.63, 3.8) is 0 Å². The van der Waals surface area contributed by atoms with Crippen molar-refractivity contribution in [2.75, 3.05) is 24.7 Å². The van der Waals surface area contributed by atoms with Crippen LogP contribution in [0.5, 0.6) is 0 Å². The van der Waals surface area contributed by atoms with E-state index in [1.54, 1.807) is 0 Å². The first-order valence-electron chi connectivity index (χ1n) is 10.6. The van der Waals surface area contributed by atoms with E-state index in [1.165, 1.54) is 64.2 Å². The smallest absolute Gasteiger partial charge is 0.782 e. The van der Waals surface area contributed by atoms with Gasteiger partial charge in [0.05, 0.1) is 0 Å². The summed E-state index contributed by atoms with van der Waals surface area (Å²) in [5.41, 5.74) is 0. The number of ether oxygens (including phenoxy) is 2. The quantitative estimate of drug-likeness (QED) is 0.121. The largest absolute Gasteiger partial charge is 2.00 e. The second-order valence-electron chi connectivity index (χ2n) is 6.27. The Morgan fingerprint density at radius 2 is 0.966 bits per heavy atom. The molecule has 170 valence electrons. The summed E-state index contributed by atoms with van der Waals surface area (Å²) in [5.74, 6) is -1.15. The molecule has 0 aromatic carbocycles. The summed E-state index contributed by atoms with van der Waals surface area (Å²) in [7, 11) is 0. The van der Waals surface area contributed by atoms with Crippen LogP contribution in [-0.2, 0) is 44.3 Å². The third-order valence-corrected chi connectivity index (χ3v) is 4.02. The summed E-state index contributed by atoms with van der Waals surface area (Å²) in [4.78, 5) is 20.9. The summed E-state index contributed by atoms with van der Waals surface area (Å²) in [5, 5.41) is 0. The maximum atomic E-state index is 10.4. The molecule has 0 N–H and O–H groups in total. The Hall–Kier alpha value is 0.439. The molecule has 7 heteroatoms. The first-order valence-corrected chi connectivity index (χ1v) is 11.7. The first-order chi connectivity index (χ1) is 13.5. The van der Waals surface area contributed by atoms with Crippen LogP contribution in [0.4, 0.5) is 0 Å². The second kappa shape index (κ2) is 35.8. The van der Waals surface area contributed by atoms with Gasteiger partial charge in [0.25, 0.3) is 11.9 Å². The van der Waals surface area contributed by atoms with Gasteiger partial charge in [-0.2, -0.15) is 0 Å². The van der Waals surface area contributed by atoms with Crippen molar-refractivity contribution in [3.8, 4) is 0 Å². The molecule has 4 radical (unpaired) electrons. The number of carbonyl (C=O) groups is 2. The van der Waals surface area contributed by atoms with E-state index < -0.39 is 11.9 Å². The average Bonchev–Trinajstić information content (AvgIpc) is 2.72. The van der Waals surface area contributed by atoms with Crippen LogP contribution in [0.1, 0.15) is 90.9 Å². The van der Waals surface area contributed by atoms with E-state index in [-0.39, 0.29) is 48.6 Å². The summed E-state index contributed by atoms with van der Waals surface area (Å²) in [6, 6.07) is 0. The van der Waals surface area contributed by atoms with Gasteiger partial charge in [-0.3, -0.25) is 9.59 Å². The van der Waals surface area contributed by atoms with Crippen molar-refractivity contribution in [2.24, 2.45) is 0 Å². The fourth-order valence-electron chi connectivity index (χ4n) is 1.95. The van der Waals surface area contributed by atoms with Gasteiger partial charge in [-0.15, -0.1) is 0 Å². The Labute approximate surface area is 208 Å². The van der Waals surface area contributed by atoms with Crippen molar-refractivity contribution in [1.82, 2.24) is 0 Å². The second-order valence-corrected chi connectivity index (χ2v) is 6.84. The molecule has 0 unspecified atom stereocenters. The molecular weight excluding hydrogens is 511 g/mol. The Morgan fingerprint density at radius 3 is 1.21 bits per heavy atom. The van der Waals surface area contributed by atoms with E-state index in [4.69, 9.17) is 0 Å². The van der Waals surface area contributed by atoms with Crippen molar-refractivity contribution in [1.29, 1.82) is 0 Å². The van der Waals surface area contributed by atoms with Gasteiger partial charge >= 0.3 is 23.9 Å². The van der Waals surface area contributed by atoms with Gasteiger partial charge in [-0.25, -0.2) is 0 Å². The zero-order valence-corrected chi connectivity index (χ0v) is 23.2. The third kappa shape index (κ3) is 43.3. The van der Waals surface area contributed by atoms with Crippen LogP contribution in [0.3, 0.4) is 0 Å². The summed E-state index contributed by atoms with van der Waals surface area (Å²) < 4.78 is 9.06. The van der Waals surface area contributed by atoms with Crippen molar-refractivity contribution in [3.05, 3.63) is 13.8 Å². The molecule has 4 nitrogen and oxygen atoms in total. The van der Waals surface area contributed by atoms with E-state index in [0.29, 0.717) is 0 Å². The molecule has 0 aliphatic rings. The van der Waals surface area contributed by atoms with Crippen molar-refractivity contribution in [2.45, 2.75) is 90.9 Å². The van der Waals surface area contributed by atoms with Crippen LogP contribution < -0.4 is 0 Å². The molecule has 0 atom stereocenters. The minimum Gasteiger partial charge on any atom is -0.782 e. The van der Waals surface area contributed by atoms with E-state index in [1.807, 2.05) is 0 Å². The normalized spacial score (nSPS) is 9.17. The molecule has 0 saturated heterocycles.